The normalized spacial score (nSPS) is 11.9. The lowest BCUT2D eigenvalue weighted by atomic mass is 10.1. The minimum atomic E-state index is 1.25. The predicted octanol–water partition coefficient (Wildman–Crippen LogP) is 4.06. The summed E-state index contributed by atoms with van der Waals surface area (Å²) in [7, 11) is 4.17. The van der Waals surface area contributed by atoms with Gasteiger partial charge in [0.2, 0.25) is 0 Å². The highest BCUT2D eigenvalue weighted by atomic mass is 15.1. The molecular weight excluding hydrogens is 232 g/mol. The number of aromatic nitrogens is 1. The van der Waals surface area contributed by atoms with E-state index in [2.05, 4.69) is 72.9 Å². The summed E-state index contributed by atoms with van der Waals surface area (Å²) in [5.41, 5.74) is 5.24. The Labute approximate surface area is 112 Å². The Kier molecular flexibility index (Phi) is 1.92. The molecule has 0 N–H and O–H groups in total. The lowest BCUT2D eigenvalue weighted by molar-refractivity contribution is 1.13. The molecule has 0 amide bonds. The number of hydrogen-bond donors (Lipinski definition) is 0. The molecule has 0 bridgehead atoms. The van der Waals surface area contributed by atoms with Crippen LogP contribution in [0, 0.1) is 6.92 Å². The van der Waals surface area contributed by atoms with E-state index in [1.165, 1.54) is 38.4 Å². The number of anilines is 1. The van der Waals surface area contributed by atoms with Gasteiger partial charge in [-0.05, 0) is 30.7 Å². The molecule has 4 rings (SSSR count). The Balaban J connectivity index is 2.26. The minimum absolute atomic E-state index is 1.25. The van der Waals surface area contributed by atoms with E-state index in [-0.39, 0.29) is 0 Å². The molecule has 0 saturated carbocycles. The highest BCUT2D eigenvalue weighted by Crippen LogP contribution is 2.35. The van der Waals surface area contributed by atoms with E-state index in [0.29, 0.717) is 0 Å². The second-order valence-corrected chi connectivity index (χ2v) is 5.48. The SMILES string of the molecule is Cc1cn2c3ccc(N(C)C)cc3c3cccc1c32. The standard InChI is InChI=1S/C17H16N2/c1-11-10-19-16-8-7-12(18(2)3)9-15(16)14-6-4-5-13(11)17(14)19/h4-10H,1-3H3. The molecule has 2 heteroatoms. The van der Waals surface area contributed by atoms with Crippen molar-refractivity contribution in [2.24, 2.45) is 0 Å². The van der Waals surface area contributed by atoms with Gasteiger partial charge in [0.25, 0.3) is 0 Å². The summed E-state index contributed by atoms with van der Waals surface area (Å²) in [4.78, 5) is 2.15. The van der Waals surface area contributed by atoms with Gasteiger partial charge in [0.1, 0.15) is 0 Å². The monoisotopic (exact) mass is 248 g/mol. The minimum Gasteiger partial charge on any atom is -0.378 e. The third kappa shape index (κ3) is 1.26. The first kappa shape index (κ1) is 10.7. The van der Waals surface area contributed by atoms with Crippen LogP contribution in [0.4, 0.5) is 5.69 Å². The van der Waals surface area contributed by atoms with Crippen molar-refractivity contribution in [1.82, 2.24) is 4.40 Å². The molecule has 0 aliphatic heterocycles. The summed E-state index contributed by atoms with van der Waals surface area (Å²) in [6, 6.07) is 13.3. The van der Waals surface area contributed by atoms with Crippen molar-refractivity contribution >= 4 is 32.9 Å². The van der Waals surface area contributed by atoms with Gasteiger partial charge in [-0.15, -0.1) is 0 Å². The second kappa shape index (κ2) is 3.41. The number of nitrogens with zero attached hydrogens (tertiary/aromatic N) is 2. The molecule has 0 unspecified atom stereocenters. The first-order chi connectivity index (χ1) is 9.16. The molecule has 2 aromatic heterocycles. The molecule has 0 radical (unpaired) electrons. The molecule has 0 spiro atoms. The molecule has 2 aromatic carbocycles. The quantitative estimate of drug-likeness (QED) is 0.493. The average Bonchev–Trinajstić information content (AvgIpc) is 2.90. The maximum Gasteiger partial charge on any atom is 0.0610 e. The van der Waals surface area contributed by atoms with E-state index in [1.807, 2.05) is 0 Å². The van der Waals surface area contributed by atoms with Crippen LogP contribution in [0.1, 0.15) is 5.56 Å². The van der Waals surface area contributed by atoms with Crippen molar-refractivity contribution in [3.05, 3.63) is 48.2 Å². The molecule has 2 heterocycles. The van der Waals surface area contributed by atoms with Gasteiger partial charge in [-0.3, -0.25) is 0 Å². The first-order valence-electron chi connectivity index (χ1n) is 6.59. The predicted molar refractivity (Wildman–Crippen MR) is 82.7 cm³/mol. The summed E-state index contributed by atoms with van der Waals surface area (Å²) < 4.78 is 2.33. The van der Waals surface area contributed by atoms with Crippen LogP contribution in [0.2, 0.25) is 0 Å². The zero-order valence-electron chi connectivity index (χ0n) is 11.4. The van der Waals surface area contributed by atoms with Crippen molar-refractivity contribution in [3.63, 3.8) is 0 Å². The molecule has 2 nitrogen and oxygen atoms in total. The fourth-order valence-electron chi connectivity index (χ4n) is 3.08. The third-order valence-electron chi connectivity index (χ3n) is 4.07. The van der Waals surface area contributed by atoms with Crippen LogP contribution in [-0.2, 0) is 0 Å². The Morgan fingerprint density at radius 2 is 1.74 bits per heavy atom. The molecule has 0 saturated heterocycles. The van der Waals surface area contributed by atoms with Crippen LogP contribution in [0.15, 0.2) is 42.6 Å². The maximum atomic E-state index is 2.33. The molecule has 0 fully saturated rings. The summed E-state index contributed by atoms with van der Waals surface area (Å²) >= 11 is 0. The van der Waals surface area contributed by atoms with Gasteiger partial charge in [0.05, 0.1) is 11.0 Å². The number of benzene rings is 2. The van der Waals surface area contributed by atoms with Gasteiger partial charge < -0.3 is 9.30 Å². The summed E-state index contributed by atoms with van der Waals surface area (Å²) in [5, 5.41) is 4.05. The van der Waals surface area contributed by atoms with E-state index in [1.54, 1.807) is 0 Å². The summed E-state index contributed by atoms with van der Waals surface area (Å²) in [6.45, 7) is 2.18. The van der Waals surface area contributed by atoms with Gasteiger partial charge in [-0.1, -0.05) is 18.2 Å². The fraction of sp³-hybridized carbons (Fsp3) is 0.176. The van der Waals surface area contributed by atoms with Gasteiger partial charge >= 0.3 is 0 Å². The second-order valence-electron chi connectivity index (χ2n) is 5.48. The van der Waals surface area contributed by atoms with E-state index < -0.39 is 0 Å². The Hall–Kier alpha value is -2.22. The topological polar surface area (TPSA) is 7.65 Å². The van der Waals surface area contributed by atoms with Gasteiger partial charge in [0.15, 0.2) is 0 Å². The Morgan fingerprint density at radius 1 is 0.947 bits per heavy atom. The highest BCUT2D eigenvalue weighted by molar-refractivity contribution is 6.15. The van der Waals surface area contributed by atoms with E-state index in [4.69, 9.17) is 0 Å². The number of rotatable bonds is 1. The van der Waals surface area contributed by atoms with Gasteiger partial charge in [-0.25, -0.2) is 0 Å². The molecule has 4 aromatic rings. The van der Waals surface area contributed by atoms with E-state index in [9.17, 15) is 0 Å². The Morgan fingerprint density at radius 3 is 2.53 bits per heavy atom. The lowest BCUT2D eigenvalue weighted by Gasteiger charge is -2.12. The average molecular weight is 248 g/mol. The van der Waals surface area contributed by atoms with Crippen LogP contribution >= 0.6 is 0 Å². The van der Waals surface area contributed by atoms with E-state index >= 15 is 0 Å². The number of hydrogen-bond acceptors (Lipinski definition) is 1. The van der Waals surface area contributed by atoms with Crippen LogP contribution < -0.4 is 4.90 Å². The molecule has 0 aliphatic carbocycles. The molecule has 0 aliphatic rings. The molecular formula is C17H16N2. The number of aryl methyl sites for hydroxylation is 1. The van der Waals surface area contributed by atoms with E-state index in [0.717, 1.165) is 0 Å². The zero-order chi connectivity index (χ0) is 13.1. The zero-order valence-corrected chi connectivity index (χ0v) is 11.4. The molecule has 0 atom stereocenters. The number of fused-ring (bicyclic) bond motifs is 3. The largest absolute Gasteiger partial charge is 0.378 e. The lowest BCUT2D eigenvalue weighted by Crippen LogP contribution is -2.07. The molecule has 94 valence electrons. The van der Waals surface area contributed by atoms with Gasteiger partial charge in [0, 0.05) is 42.1 Å². The number of para-hydroxylation sites is 1. The summed E-state index contributed by atoms with van der Waals surface area (Å²) in [5.74, 6) is 0. The van der Waals surface area contributed by atoms with Crippen LogP contribution in [0.25, 0.3) is 27.2 Å². The van der Waals surface area contributed by atoms with Crippen LogP contribution in [-0.4, -0.2) is 18.5 Å². The van der Waals surface area contributed by atoms with Crippen molar-refractivity contribution < 1.29 is 0 Å². The van der Waals surface area contributed by atoms with Crippen molar-refractivity contribution in [2.45, 2.75) is 6.92 Å². The third-order valence-corrected chi connectivity index (χ3v) is 4.07. The fourth-order valence-corrected chi connectivity index (χ4v) is 3.08. The first-order valence-corrected chi connectivity index (χ1v) is 6.59. The smallest absolute Gasteiger partial charge is 0.0610 e. The van der Waals surface area contributed by atoms with Crippen molar-refractivity contribution in [3.8, 4) is 0 Å². The van der Waals surface area contributed by atoms with Crippen LogP contribution in [0.5, 0.6) is 0 Å². The van der Waals surface area contributed by atoms with Crippen molar-refractivity contribution in [2.75, 3.05) is 19.0 Å². The summed E-state index contributed by atoms with van der Waals surface area (Å²) in [6.07, 6.45) is 2.25. The van der Waals surface area contributed by atoms with Gasteiger partial charge in [-0.2, -0.15) is 0 Å². The maximum absolute atomic E-state index is 2.33. The van der Waals surface area contributed by atoms with Crippen molar-refractivity contribution in [1.29, 1.82) is 0 Å². The molecule has 19 heavy (non-hydrogen) atoms. The van der Waals surface area contributed by atoms with Crippen LogP contribution in [0.3, 0.4) is 0 Å². The highest BCUT2D eigenvalue weighted by Gasteiger charge is 2.14. The Bertz CT molecular complexity index is 900.